The van der Waals surface area contributed by atoms with Crippen LogP contribution in [0, 0.1) is 11.8 Å². The summed E-state index contributed by atoms with van der Waals surface area (Å²) in [6.45, 7) is 4.45. The molecule has 4 nitrogen and oxygen atoms in total. The standard InChI is InChI=1S/C12H20O4/c1-3-15-11(13)7-9-5-6-10(9)8-12(14)16-4-2/h9-10H,3-8H2,1-2H3/t9-,10+. The number of ether oxygens (including phenoxy) is 2. The molecular weight excluding hydrogens is 208 g/mol. The van der Waals surface area contributed by atoms with Crippen LogP contribution in [0.2, 0.25) is 0 Å². The second-order valence-electron chi connectivity index (χ2n) is 4.12. The van der Waals surface area contributed by atoms with Crippen molar-refractivity contribution in [2.24, 2.45) is 11.8 Å². The van der Waals surface area contributed by atoms with E-state index in [2.05, 4.69) is 0 Å². The quantitative estimate of drug-likeness (QED) is 0.652. The maximum Gasteiger partial charge on any atom is 0.306 e. The maximum absolute atomic E-state index is 11.3. The molecule has 2 atom stereocenters. The Labute approximate surface area is 96.3 Å². The molecule has 0 N–H and O–H groups in total. The molecule has 0 spiro atoms. The largest absolute Gasteiger partial charge is 0.466 e. The number of hydrogen-bond acceptors (Lipinski definition) is 4. The minimum absolute atomic E-state index is 0.152. The third kappa shape index (κ3) is 3.83. The van der Waals surface area contributed by atoms with Gasteiger partial charge in [0.25, 0.3) is 0 Å². The molecule has 1 saturated carbocycles. The summed E-state index contributed by atoms with van der Waals surface area (Å²) >= 11 is 0. The fraction of sp³-hybridized carbons (Fsp3) is 0.833. The first-order valence-electron chi connectivity index (χ1n) is 5.98. The minimum atomic E-state index is -0.152. The van der Waals surface area contributed by atoms with Crippen LogP contribution in [0.3, 0.4) is 0 Å². The van der Waals surface area contributed by atoms with Crippen LogP contribution in [-0.2, 0) is 19.1 Å². The molecule has 0 aromatic carbocycles. The molecule has 0 unspecified atom stereocenters. The van der Waals surface area contributed by atoms with Crippen LogP contribution in [0.25, 0.3) is 0 Å². The first-order chi connectivity index (χ1) is 7.67. The fourth-order valence-corrected chi connectivity index (χ4v) is 2.04. The van der Waals surface area contributed by atoms with E-state index in [-0.39, 0.29) is 11.9 Å². The summed E-state index contributed by atoms with van der Waals surface area (Å²) in [5.41, 5.74) is 0. The highest BCUT2D eigenvalue weighted by molar-refractivity contribution is 5.71. The Kier molecular flexibility index (Phi) is 5.29. The molecule has 0 saturated heterocycles. The van der Waals surface area contributed by atoms with Crippen LogP contribution < -0.4 is 0 Å². The lowest BCUT2D eigenvalue weighted by atomic mass is 9.70. The molecule has 0 aromatic heterocycles. The van der Waals surface area contributed by atoms with Crippen molar-refractivity contribution in [1.82, 2.24) is 0 Å². The van der Waals surface area contributed by atoms with Crippen LogP contribution >= 0.6 is 0 Å². The lowest BCUT2D eigenvalue weighted by Gasteiger charge is -2.35. The van der Waals surface area contributed by atoms with E-state index < -0.39 is 0 Å². The Hall–Kier alpha value is -1.06. The smallest absolute Gasteiger partial charge is 0.306 e. The van der Waals surface area contributed by atoms with Crippen LogP contribution in [0.5, 0.6) is 0 Å². The normalized spacial score (nSPS) is 23.4. The Bertz CT molecular complexity index is 223. The predicted molar refractivity (Wildman–Crippen MR) is 58.7 cm³/mol. The number of carbonyl (C=O) groups excluding carboxylic acids is 2. The van der Waals surface area contributed by atoms with Gasteiger partial charge in [-0.3, -0.25) is 9.59 Å². The van der Waals surface area contributed by atoms with Gasteiger partial charge in [0, 0.05) is 12.8 Å². The summed E-state index contributed by atoms with van der Waals surface area (Å²) in [6, 6.07) is 0. The first kappa shape index (κ1) is 13.0. The van der Waals surface area contributed by atoms with Crippen molar-refractivity contribution >= 4 is 11.9 Å². The molecule has 16 heavy (non-hydrogen) atoms. The topological polar surface area (TPSA) is 52.6 Å². The summed E-state index contributed by atoms with van der Waals surface area (Å²) < 4.78 is 9.79. The molecule has 0 heterocycles. The summed E-state index contributed by atoms with van der Waals surface area (Å²) in [6.07, 6.45) is 2.92. The highest BCUT2D eigenvalue weighted by atomic mass is 16.5. The summed E-state index contributed by atoms with van der Waals surface area (Å²) in [5.74, 6) is 0.314. The van der Waals surface area contributed by atoms with Gasteiger partial charge in [0.05, 0.1) is 13.2 Å². The predicted octanol–water partition coefficient (Wildman–Crippen LogP) is 1.92. The van der Waals surface area contributed by atoms with Crippen molar-refractivity contribution < 1.29 is 19.1 Å². The van der Waals surface area contributed by atoms with E-state index in [9.17, 15) is 9.59 Å². The highest BCUT2D eigenvalue weighted by Crippen LogP contribution is 2.39. The molecule has 0 aliphatic heterocycles. The molecule has 1 aliphatic rings. The Morgan fingerprint density at radius 2 is 1.31 bits per heavy atom. The highest BCUT2D eigenvalue weighted by Gasteiger charge is 2.34. The van der Waals surface area contributed by atoms with E-state index in [4.69, 9.17) is 9.47 Å². The Morgan fingerprint density at radius 3 is 1.56 bits per heavy atom. The summed E-state index contributed by atoms with van der Waals surface area (Å²) in [7, 11) is 0. The zero-order chi connectivity index (χ0) is 12.0. The van der Waals surface area contributed by atoms with Crippen LogP contribution in [-0.4, -0.2) is 25.2 Å². The average molecular weight is 228 g/mol. The van der Waals surface area contributed by atoms with Crippen LogP contribution in [0.4, 0.5) is 0 Å². The van der Waals surface area contributed by atoms with E-state index in [1.165, 1.54) is 0 Å². The average Bonchev–Trinajstić information content (AvgIpc) is 2.22. The molecule has 4 heteroatoms. The number of carbonyl (C=O) groups is 2. The molecule has 0 amide bonds. The van der Waals surface area contributed by atoms with E-state index in [0.29, 0.717) is 37.9 Å². The molecule has 92 valence electrons. The van der Waals surface area contributed by atoms with Crippen molar-refractivity contribution in [1.29, 1.82) is 0 Å². The van der Waals surface area contributed by atoms with Crippen molar-refractivity contribution in [2.45, 2.75) is 39.5 Å². The van der Waals surface area contributed by atoms with Gasteiger partial charge in [0.15, 0.2) is 0 Å². The molecule has 0 radical (unpaired) electrons. The van der Waals surface area contributed by atoms with Crippen molar-refractivity contribution in [3.05, 3.63) is 0 Å². The third-order valence-electron chi connectivity index (χ3n) is 3.04. The monoisotopic (exact) mass is 228 g/mol. The number of rotatable bonds is 6. The van der Waals surface area contributed by atoms with Gasteiger partial charge in [-0.25, -0.2) is 0 Å². The van der Waals surface area contributed by atoms with Crippen molar-refractivity contribution in [2.75, 3.05) is 13.2 Å². The van der Waals surface area contributed by atoms with Gasteiger partial charge in [-0.05, 0) is 38.5 Å². The van der Waals surface area contributed by atoms with Gasteiger partial charge in [0.1, 0.15) is 0 Å². The molecule has 0 aromatic rings. The SMILES string of the molecule is CCOC(=O)C[C@H]1CC[C@H]1CC(=O)OCC. The second kappa shape index (κ2) is 6.51. The number of esters is 2. The summed E-state index contributed by atoms with van der Waals surface area (Å²) in [5, 5.41) is 0. The van der Waals surface area contributed by atoms with Gasteiger partial charge in [-0.1, -0.05) is 0 Å². The maximum atomic E-state index is 11.3. The Balaban J connectivity index is 2.24. The van der Waals surface area contributed by atoms with E-state index in [1.807, 2.05) is 0 Å². The molecule has 1 fully saturated rings. The van der Waals surface area contributed by atoms with Gasteiger partial charge in [0.2, 0.25) is 0 Å². The van der Waals surface area contributed by atoms with Crippen LogP contribution in [0.15, 0.2) is 0 Å². The van der Waals surface area contributed by atoms with E-state index >= 15 is 0 Å². The van der Waals surface area contributed by atoms with Crippen molar-refractivity contribution in [3.8, 4) is 0 Å². The molecule has 1 rings (SSSR count). The zero-order valence-electron chi connectivity index (χ0n) is 10.0. The second-order valence-corrected chi connectivity index (χ2v) is 4.12. The van der Waals surface area contributed by atoms with Gasteiger partial charge >= 0.3 is 11.9 Å². The van der Waals surface area contributed by atoms with E-state index in [1.54, 1.807) is 13.8 Å². The first-order valence-corrected chi connectivity index (χ1v) is 5.98. The minimum Gasteiger partial charge on any atom is -0.466 e. The van der Waals surface area contributed by atoms with Gasteiger partial charge in [-0.15, -0.1) is 0 Å². The van der Waals surface area contributed by atoms with Gasteiger partial charge < -0.3 is 9.47 Å². The molecular formula is C12H20O4. The molecule has 1 aliphatic carbocycles. The third-order valence-corrected chi connectivity index (χ3v) is 3.04. The Morgan fingerprint density at radius 1 is 0.938 bits per heavy atom. The van der Waals surface area contributed by atoms with Gasteiger partial charge in [-0.2, -0.15) is 0 Å². The lowest BCUT2D eigenvalue weighted by Crippen LogP contribution is -2.31. The van der Waals surface area contributed by atoms with Crippen molar-refractivity contribution in [3.63, 3.8) is 0 Å². The lowest BCUT2D eigenvalue weighted by molar-refractivity contribution is -0.150. The fourth-order valence-electron chi connectivity index (χ4n) is 2.04. The van der Waals surface area contributed by atoms with E-state index in [0.717, 1.165) is 12.8 Å². The van der Waals surface area contributed by atoms with Crippen LogP contribution in [0.1, 0.15) is 39.5 Å². The molecule has 0 bridgehead atoms. The zero-order valence-corrected chi connectivity index (χ0v) is 10.0. The summed E-state index contributed by atoms with van der Waals surface area (Å²) in [4.78, 5) is 22.5. The number of hydrogen-bond donors (Lipinski definition) is 0.